The number of aromatic nitrogens is 4. The largest absolute Gasteiger partial charge is 0.493 e. The summed E-state index contributed by atoms with van der Waals surface area (Å²) in [5.74, 6) is 1.50. The van der Waals surface area contributed by atoms with Gasteiger partial charge in [-0.25, -0.2) is 14.8 Å². The van der Waals surface area contributed by atoms with Gasteiger partial charge in [-0.15, -0.1) is 0 Å². The lowest BCUT2D eigenvalue weighted by Gasteiger charge is -2.26. The second kappa shape index (κ2) is 9.88. The number of hydrogen-bond donors (Lipinski definition) is 0. The first-order valence-corrected chi connectivity index (χ1v) is 11.9. The number of likely N-dealkylation sites (tertiary alicyclic amines) is 1. The number of piperidine rings is 1. The Hall–Kier alpha value is -3.34. The van der Waals surface area contributed by atoms with Crippen LogP contribution in [0, 0.1) is 0 Å². The summed E-state index contributed by atoms with van der Waals surface area (Å²) in [5.41, 5.74) is -0.155. The predicted octanol–water partition coefficient (Wildman–Crippen LogP) is 1.82. The zero-order valence-electron chi connectivity index (χ0n) is 19.7. The van der Waals surface area contributed by atoms with E-state index in [0.29, 0.717) is 27.9 Å². The summed E-state index contributed by atoms with van der Waals surface area (Å²) < 4.78 is 13.0. The lowest BCUT2D eigenvalue weighted by atomic mass is 10.1. The molecule has 0 atom stereocenters. The van der Waals surface area contributed by atoms with Crippen LogP contribution in [0.4, 0.5) is 0 Å². The Bertz CT molecular complexity index is 1360. The molecule has 0 aliphatic carbocycles. The van der Waals surface area contributed by atoms with Crippen molar-refractivity contribution in [3.63, 3.8) is 0 Å². The predicted molar refractivity (Wildman–Crippen MR) is 130 cm³/mol. The van der Waals surface area contributed by atoms with Crippen molar-refractivity contribution >= 4 is 28.7 Å². The Kier molecular flexibility index (Phi) is 6.92. The van der Waals surface area contributed by atoms with E-state index in [1.165, 1.54) is 30.5 Å². The molecule has 10 nitrogen and oxygen atoms in total. The quantitative estimate of drug-likeness (QED) is 0.384. The fourth-order valence-corrected chi connectivity index (χ4v) is 4.92. The van der Waals surface area contributed by atoms with Crippen LogP contribution in [-0.4, -0.2) is 63.0 Å². The van der Waals surface area contributed by atoms with Crippen molar-refractivity contribution in [3.8, 4) is 22.9 Å². The number of ether oxygens (including phenoxy) is 2. The smallest absolute Gasteiger partial charge is 0.332 e. The van der Waals surface area contributed by atoms with Crippen LogP contribution in [0.5, 0.6) is 11.5 Å². The molecule has 1 aromatic carbocycles. The number of methoxy groups -OCH3 is 2. The minimum absolute atomic E-state index is 0.00535. The number of fused-ring (bicyclic) bond motifs is 1. The third-order valence-electron chi connectivity index (χ3n) is 5.95. The van der Waals surface area contributed by atoms with E-state index < -0.39 is 11.2 Å². The molecule has 3 heterocycles. The Morgan fingerprint density at radius 1 is 1.00 bits per heavy atom. The maximum atomic E-state index is 13.0. The highest BCUT2D eigenvalue weighted by molar-refractivity contribution is 8.00. The van der Waals surface area contributed by atoms with Crippen molar-refractivity contribution in [2.75, 3.05) is 33.1 Å². The molecule has 1 aliphatic heterocycles. The van der Waals surface area contributed by atoms with Gasteiger partial charge in [0.2, 0.25) is 5.91 Å². The Labute approximate surface area is 200 Å². The van der Waals surface area contributed by atoms with Gasteiger partial charge in [-0.05, 0) is 37.5 Å². The van der Waals surface area contributed by atoms with E-state index in [0.717, 1.165) is 36.9 Å². The van der Waals surface area contributed by atoms with Crippen molar-refractivity contribution in [2.24, 2.45) is 14.1 Å². The molecule has 0 spiro atoms. The number of rotatable bonds is 6. The molecule has 0 radical (unpaired) electrons. The molecule has 0 saturated carbocycles. The third kappa shape index (κ3) is 4.39. The van der Waals surface area contributed by atoms with Gasteiger partial charge in [-0.3, -0.25) is 18.7 Å². The Morgan fingerprint density at radius 2 is 1.71 bits per heavy atom. The molecule has 0 bridgehead atoms. The van der Waals surface area contributed by atoms with E-state index in [9.17, 15) is 14.4 Å². The topological polar surface area (TPSA) is 109 Å². The van der Waals surface area contributed by atoms with Crippen molar-refractivity contribution < 1.29 is 14.3 Å². The van der Waals surface area contributed by atoms with Gasteiger partial charge in [0.1, 0.15) is 10.4 Å². The fraction of sp³-hybridized carbons (Fsp3) is 0.435. The summed E-state index contributed by atoms with van der Waals surface area (Å²) in [6.45, 7) is 1.49. The molecular weight excluding hydrogens is 458 g/mol. The van der Waals surface area contributed by atoms with Gasteiger partial charge in [-0.1, -0.05) is 11.8 Å². The fourth-order valence-electron chi connectivity index (χ4n) is 4.00. The van der Waals surface area contributed by atoms with Crippen LogP contribution < -0.4 is 20.7 Å². The SMILES string of the molecule is COc1ccc(-c2nc(SCC(=O)N3CCCCC3)c3c(=O)n(C)c(=O)n(C)c3n2)cc1OC. The molecule has 3 aromatic rings. The van der Waals surface area contributed by atoms with E-state index in [1.807, 2.05) is 4.90 Å². The van der Waals surface area contributed by atoms with Crippen molar-refractivity contribution in [3.05, 3.63) is 39.0 Å². The maximum absolute atomic E-state index is 13.0. The highest BCUT2D eigenvalue weighted by Gasteiger charge is 2.22. The van der Waals surface area contributed by atoms with E-state index in [4.69, 9.17) is 9.47 Å². The number of nitrogens with zero attached hydrogens (tertiary/aromatic N) is 5. The minimum atomic E-state index is -0.495. The maximum Gasteiger partial charge on any atom is 0.332 e. The zero-order chi connectivity index (χ0) is 24.4. The molecule has 1 aliphatic rings. The highest BCUT2D eigenvalue weighted by Crippen LogP contribution is 2.33. The average Bonchev–Trinajstić information content (AvgIpc) is 2.88. The molecule has 2 aromatic heterocycles. The molecule has 0 N–H and O–H groups in total. The van der Waals surface area contributed by atoms with Crippen molar-refractivity contribution in [1.82, 2.24) is 24.0 Å². The van der Waals surface area contributed by atoms with E-state index in [1.54, 1.807) is 32.4 Å². The summed E-state index contributed by atoms with van der Waals surface area (Å²) >= 11 is 1.19. The monoisotopic (exact) mass is 485 g/mol. The van der Waals surface area contributed by atoms with Gasteiger partial charge in [0.15, 0.2) is 23.0 Å². The van der Waals surface area contributed by atoms with Crippen LogP contribution in [-0.2, 0) is 18.9 Å². The lowest BCUT2D eigenvalue weighted by molar-refractivity contribution is -0.129. The number of amides is 1. The van der Waals surface area contributed by atoms with Crippen LogP contribution in [0.1, 0.15) is 19.3 Å². The van der Waals surface area contributed by atoms with Crippen LogP contribution in [0.3, 0.4) is 0 Å². The first-order valence-electron chi connectivity index (χ1n) is 11.0. The van der Waals surface area contributed by atoms with Gasteiger partial charge in [0.25, 0.3) is 5.56 Å². The van der Waals surface area contributed by atoms with Gasteiger partial charge in [0, 0.05) is 32.7 Å². The van der Waals surface area contributed by atoms with E-state index in [2.05, 4.69) is 9.97 Å². The number of carbonyl (C=O) groups is 1. The first kappa shape index (κ1) is 23.8. The Morgan fingerprint density at radius 3 is 2.38 bits per heavy atom. The number of thioether (sulfide) groups is 1. The molecule has 34 heavy (non-hydrogen) atoms. The third-order valence-corrected chi connectivity index (χ3v) is 6.91. The number of benzene rings is 1. The van der Waals surface area contributed by atoms with Crippen molar-refractivity contribution in [1.29, 1.82) is 0 Å². The second-order valence-corrected chi connectivity index (χ2v) is 9.02. The van der Waals surface area contributed by atoms with Crippen LogP contribution >= 0.6 is 11.8 Å². The number of aryl methyl sites for hydroxylation is 1. The van der Waals surface area contributed by atoms with Crippen LogP contribution in [0.25, 0.3) is 22.4 Å². The first-order chi connectivity index (χ1) is 16.3. The van der Waals surface area contributed by atoms with Crippen molar-refractivity contribution in [2.45, 2.75) is 24.3 Å². The number of hydrogen-bond acceptors (Lipinski definition) is 8. The summed E-state index contributed by atoms with van der Waals surface area (Å²) in [7, 11) is 6.05. The van der Waals surface area contributed by atoms with Crippen LogP contribution in [0.15, 0.2) is 32.8 Å². The molecule has 1 amide bonds. The second-order valence-electron chi connectivity index (χ2n) is 8.06. The van der Waals surface area contributed by atoms with Gasteiger partial charge in [0.05, 0.1) is 20.0 Å². The van der Waals surface area contributed by atoms with E-state index >= 15 is 0 Å². The number of carbonyl (C=O) groups excluding carboxylic acids is 1. The van der Waals surface area contributed by atoms with Crippen LogP contribution in [0.2, 0.25) is 0 Å². The Balaban J connectivity index is 1.83. The summed E-state index contributed by atoms with van der Waals surface area (Å²) in [6.07, 6.45) is 3.13. The van der Waals surface area contributed by atoms with Gasteiger partial charge in [-0.2, -0.15) is 0 Å². The lowest BCUT2D eigenvalue weighted by Crippen LogP contribution is -2.38. The molecule has 180 valence electrons. The summed E-state index contributed by atoms with van der Waals surface area (Å²) in [4.78, 5) is 49.4. The zero-order valence-corrected chi connectivity index (χ0v) is 20.5. The summed E-state index contributed by atoms with van der Waals surface area (Å²) in [5, 5.41) is 0.571. The average molecular weight is 486 g/mol. The van der Waals surface area contributed by atoms with Gasteiger partial charge < -0.3 is 14.4 Å². The van der Waals surface area contributed by atoms with E-state index in [-0.39, 0.29) is 22.7 Å². The summed E-state index contributed by atoms with van der Waals surface area (Å²) in [6, 6.07) is 5.24. The van der Waals surface area contributed by atoms with Gasteiger partial charge >= 0.3 is 5.69 Å². The molecule has 0 unspecified atom stereocenters. The molecule has 1 saturated heterocycles. The normalized spacial score (nSPS) is 13.8. The molecule has 11 heteroatoms. The molecular formula is C23H27N5O5S. The highest BCUT2D eigenvalue weighted by atomic mass is 32.2. The standard InChI is InChI=1S/C23H27N5O5S/c1-26-20-18(22(30)27(2)23(26)31)21(34-13-17(29)28-10-6-5-7-11-28)25-19(24-20)14-8-9-15(32-3)16(12-14)33-4/h8-9,12H,5-7,10-11,13H2,1-4H3. The molecule has 1 fully saturated rings. The molecule has 4 rings (SSSR count). The minimum Gasteiger partial charge on any atom is -0.493 e.